The lowest BCUT2D eigenvalue weighted by Crippen LogP contribution is -1.90. The molecule has 1 aromatic carbocycles. The first kappa shape index (κ1) is 10.2. The molecular formula is C9H11N3O2. The normalized spacial score (nSPS) is 9.21. The van der Waals surface area contributed by atoms with Crippen molar-refractivity contribution >= 4 is 0 Å². The molecule has 0 saturated carbocycles. The van der Waals surface area contributed by atoms with E-state index in [2.05, 4.69) is 10.0 Å². The van der Waals surface area contributed by atoms with Crippen molar-refractivity contribution in [2.24, 2.45) is 5.11 Å². The molecule has 0 spiro atoms. The summed E-state index contributed by atoms with van der Waals surface area (Å²) in [5.74, 6) is 0.545. The number of phenols is 1. The lowest BCUT2D eigenvalue weighted by molar-refractivity contribution is 0.373. The third-order valence-electron chi connectivity index (χ3n) is 1.81. The molecule has 0 bridgehead atoms. The maximum atomic E-state index is 9.30. The van der Waals surface area contributed by atoms with E-state index in [9.17, 15) is 5.11 Å². The van der Waals surface area contributed by atoms with Gasteiger partial charge < -0.3 is 9.84 Å². The Labute approximate surface area is 81.6 Å². The Balaban J connectivity index is 2.73. The first-order valence-electron chi connectivity index (χ1n) is 4.14. The van der Waals surface area contributed by atoms with E-state index in [1.165, 1.54) is 7.11 Å². The number of aromatic hydroxyl groups is 1. The van der Waals surface area contributed by atoms with E-state index < -0.39 is 0 Å². The summed E-state index contributed by atoms with van der Waals surface area (Å²) in [6.07, 6.45) is 0.640. The standard InChI is InChI=1S/C9H11N3O2/c1-14-9-6-7(2-3-8(9)13)4-5-11-12-10/h2-3,6,13H,4-5H2,1H3. The topological polar surface area (TPSA) is 78.2 Å². The summed E-state index contributed by atoms with van der Waals surface area (Å²) in [6, 6.07) is 5.05. The summed E-state index contributed by atoms with van der Waals surface area (Å²) in [5.41, 5.74) is 9.05. The van der Waals surface area contributed by atoms with Crippen molar-refractivity contribution in [1.29, 1.82) is 0 Å². The van der Waals surface area contributed by atoms with Crippen molar-refractivity contribution in [1.82, 2.24) is 0 Å². The molecule has 0 heterocycles. The molecule has 0 fully saturated rings. The molecule has 0 radical (unpaired) electrons. The van der Waals surface area contributed by atoms with Crippen LogP contribution in [0.25, 0.3) is 10.4 Å². The van der Waals surface area contributed by atoms with Gasteiger partial charge in [0.2, 0.25) is 0 Å². The van der Waals surface area contributed by atoms with Crippen LogP contribution in [0.4, 0.5) is 0 Å². The summed E-state index contributed by atoms with van der Waals surface area (Å²) < 4.78 is 4.94. The van der Waals surface area contributed by atoms with Gasteiger partial charge >= 0.3 is 0 Å². The summed E-state index contributed by atoms with van der Waals surface area (Å²) in [7, 11) is 1.49. The Morgan fingerprint density at radius 1 is 1.57 bits per heavy atom. The maximum absolute atomic E-state index is 9.30. The summed E-state index contributed by atoms with van der Waals surface area (Å²) in [4.78, 5) is 2.66. The molecule has 1 aromatic rings. The van der Waals surface area contributed by atoms with Gasteiger partial charge in [0, 0.05) is 11.5 Å². The number of benzene rings is 1. The molecule has 0 amide bonds. The van der Waals surface area contributed by atoms with Crippen LogP contribution in [0.15, 0.2) is 23.3 Å². The average Bonchev–Trinajstić information content (AvgIpc) is 2.21. The molecule has 74 valence electrons. The van der Waals surface area contributed by atoms with Crippen LogP contribution in [0.2, 0.25) is 0 Å². The largest absolute Gasteiger partial charge is 0.504 e. The van der Waals surface area contributed by atoms with Crippen molar-refractivity contribution in [2.75, 3.05) is 13.7 Å². The summed E-state index contributed by atoms with van der Waals surface area (Å²) in [6.45, 7) is 0.407. The van der Waals surface area contributed by atoms with Crippen LogP contribution >= 0.6 is 0 Å². The van der Waals surface area contributed by atoms with Crippen LogP contribution in [0.3, 0.4) is 0 Å². The molecule has 0 aliphatic rings. The fourth-order valence-corrected chi connectivity index (χ4v) is 1.10. The monoisotopic (exact) mass is 193 g/mol. The van der Waals surface area contributed by atoms with E-state index in [0.717, 1.165) is 5.56 Å². The van der Waals surface area contributed by atoms with Crippen LogP contribution in [0, 0.1) is 0 Å². The van der Waals surface area contributed by atoms with Gasteiger partial charge in [-0.2, -0.15) is 0 Å². The Kier molecular flexibility index (Phi) is 3.64. The van der Waals surface area contributed by atoms with Crippen LogP contribution < -0.4 is 4.74 Å². The van der Waals surface area contributed by atoms with E-state index in [4.69, 9.17) is 10.3 Å². The van der Waals surface area contributed by atoms with Crippen molar-refractivity contribution in [3.05, 3.63) is 34.2 Å². The number of rotatable bonds is 4. The highest BCUT2D eigenvalue weighted by molar-refractivity contribution is 5.41. The van der Waals surface area contributed by atoms with E-state index in [1.807, 2.05) is 0 Å². The second kappa shape index (κ2) is 4.99. The second-order valence-electron chi connectivity index (χ2n) is 2.71. The first-order chi connectivity index (χ1) is 6.77. The predicted octanol–water partition coefficient (Wildman–Crippen LogP) is 2.25. The van der Waals surface area contributed by atoms with Gasteiger partial charge in [-0.25, -0.2) is 0 Å². The van der Waals surface area contributed by atoms with Gasteiger partial charge in [-0.1, -0.05) is 11.2 Å². The van der Waals surface area contributed by atoms with Crippen LogP contribution in [-0.4, -0.2) is 18.8 Å². The Bertz CT molecular complexity index is 359. The minimum Gasteiger partial charge on any atom is -0.504 e. The number of azide groups is 1. The summed E-state index contributed by atoms with van der Waals surface area (Å²) >= 11 is 0. The molecule has 1 rings (SSSR count). The Hall–Kier alpha value is -1.87. The minimum atomic E-state index is 0.111. The minimum absolute atomic E-state index is 0.111. The number of ether oxygens (including phenoxy) is 1. The number of methoxy groups -OCH3 is 1. The molecule has 0 atom stereocenters. The number of nitrogens with zero attached hydrogens (tertiary/aromatic N) is 3. The molecular weight excluding hydrogens is 182 g/mol. The highest BCUT2D eigenvalue weighted by Gasteiger charge is 2.01. The average molecular weight is 193 g/mol. The SMILES string of the molecule is COc1cc(CCN=[N+]=[N-])ccc1O. The highest BCUT2D eigenvalue weighted by Crippen LogP contribution is 2.26. The zero-order valence-electron chi connectivity index (χ0n) is 7.84. The van der Waals surface area contributed by atoms with Gasteiger partial charge in [0.1, 0.15) is 0 Å². The van der Waals surface area contributed by atoms with Crippen molar-refractivity contribution in [2.45, 2.75) is 6.42 Å². The molecule has 5 heteroatoms. The molecule has 5 nitrogen and oxygen atoms in total. The van der Waals surface area contributed by atoms with Gasteiger partial charge in [-0.3, -0.25) is 0 Å². The predicted molar refractivity (Wildman–Crippen MR) is 52.4 cm³/mol. The van der Waals surface area contributed by atoms with Gasteiger partial charge in [-0.15, -0.1) is 0 Å². The molecule has 0 aliphatic heterocycles. The Morgan fingerprint density at radius 2 is 2.36 bits per heavy atom. The molecule has 0 aromatic heterocycles. The zero-order valence-corrected chi connectivity index (χ0v) is 7.84. The number of hydrogen-bond donors (Lipinski definition) is 1. The van der Waals surface area contributed by atoms with E-state index in [-0.39, 0.29) is 5.75 Å². The van der Waals surface area contributed by atoms with Gasteiger partial charge in [0.25, 0.3) is 0 Å². The van der Waals surface area contributed by atoms with Crippen molar-refractivity contribution < 1.29 is 9.84 Å². The smallest absolute Gasteiger partial charge is 0.160 e. The third-order valence-corrected chi connectivity index (χ3v) is 1.81. The molecule has 0 aliphatic carbocycles. The fraction of sp³-hybridized carbons (Fsp3) is 0.333. The second-order valence-corrected chi connectivity index (χ2v) is 2.71. The van der Waals surface area contributed by atoms with E-state index in [0.29, 0.717) is 18.7 Å². The van der Waals surface area contributed by atoms with Crippen LogP contribution in [0.1, 0.15) is 5.56 Å². The lowest BCUT2D eigenvalue weighted by atomic mass is 10.1. The van der Waals surface area contributed by atoms with E-state index in [1.54, 1.807) is 18.2 Å². The molecule has 0 unspecified atom stereocenters. The van der Waals surface area contributed by atoms with Crippen molar-refractivity contribution in [3.8, 4) is 11.5 Å². The quantitative estimate of drug-likeness (QED) is 0.452. The van der Waals surface area contributed by atoms with Gasteiger partial charge in [0.05, 0.1) is 7.11 Å². The van der Waals surface area contributed by atoms with Gasteiger partial charge in [0.15, 0.2) is 11.5 Å². The fourth-order valence-electron chi connectivity index (χ4n) is 1.10. The van der Waals surface area contributed by atoms with Crippen LogP contribution in [0.5, 0.6) is 11.5 Å². The lowest BCUT2D eigenvalue weighted by Gasteiger charge is -2.05. The molecule has 14 heavy (non-hydrogen) atoms. The number of hydrogen-bond acceptors (Lipinski definition) is 3. The maximum Gasteiger partial charge on any atom is 0.160 e. The van der Waals surface area contributed by atoms with Crippen LogP contribution in [-0.2, 0) is 6.42 Å². The molecule has 0 saturated heterocycles. The molecule has 1 N–H and O–H groups in total. The number of phenolic OH excluding ortho intramolecular Hbond substituents is 1. The first-order valence-corrected chi connectivity index (χ1v) is 4.14. The zero-order chi connectivity index (χ0) is 10.4. The Morgan fingerprint density at radius 3 is 3.00 bits per heavy atom. The summed E-state index contributed by atoms with van der Waals surface area (Å²) in [5, 5.41) is 12.7. The third kappa shape index (κ3) is 2.57. The van der Waals surface area contributed by atoms with E-state index >= 15 is 0 Å². The van der Waals surface area contributed by atoms with Crippen molar-refractivity contribution in [3.63, 3.8) is 0 Å². The highest BCUT2D eigenvalue weighted by atomic mass is 16.5. The van der Waals surface area contributed by atoms with Gasteiger partial charge in [-0.05, 0) is 29.6 Å².